The molecule has 3 saturated carbocycles. The van der Waals surface area contributed by atoms with Gasteiger partial charge < -0.3 is 10.6 Å². The van der Waals surface area contributed by atoms with Crippen LogP contribution in [0.4, 0.5) is 4.39 Å². The minimum absolute atomic E-state index is 0.00946. The highest BCUT2D eigenvalue weighted by molar-refractivity contribution is 6.30. The normalized spacial score (nSPS) is 22.7. The molecule has 2 bridgehead atoms. The largest absolute Gasteiger partial charge is 0.350 e. The monoisotopic (exact) mass is 526 g/mol. The predicted molar refractivity (Wildman–Crippen MR) is 134 cm³/mol. The summed E-state index contributed by atoms with van der Waals surface area (Å²) >= 11 is 5.81. The van der Waals surface area contributed by atoms with Gasteiger partial charge in [-0.2, -0.15) is 14.6 Å². The molecule has 11 heteroatoms. The molecule has 9 nitrogen and oxygen atoms in total. The van der Waals surface area contributed by atoms with Crippen molar-refractivity contribution < 1.29 is 18.8 Å². The first-order chi connectivity index (χ1) is 17.7. The van der Waals surface area contributed by atoms with Crippen LogP contribution >= 0.6 is 11.6 Å². The van der Waals surface area contributed by atoms with Crippen molar-refractivity contribution in [3.05, 3.63) is 58.4 Å². The van der Waals surface area contributed by atoms with Gasteiger partial charge in [-0.3, -0.25) is 14.4 Å². The summed E-state index contributed by atoms with van der Waals surface area (Å²) in [6.45, 7) is 2.53. The fourth-order valence-corrected chi connectivity index (χ4v) is 5.90. The average molecular weight is 527 g/mol. The molecule has 6 rings (SSSR count). The molecule has 194 valence electrons. The molecule has 0 unspecified atom stereocenters. The number of fused-ring (bicyclic) bond motifs is 4. The summed E-state index contributed by atoms with van der Waals surface area (Å²) in [5, 5.41) is 9.80. The second-order valence-electron chi connectivity index (χ2n) is 10.2. The zero-order valence-corrected chi connectivity index (χ0v) is 21.3. The van der Waals surface area contributed by atoms with Crippen LogP contribution in [-0.4, -0.2) is 43.7 Å². The van der Waals surface area contributed by atoms with Gasteiger partial charge in [-0.05, 0) is 61.6 Å². The number of nitrogens with zero attached hydrogens (tertiary/aromatic N) is 4. The minimum atomic E-state index is -0.541. The van der Waals surface area contributed by atoms with E-state index in [4.69, 9.17) is 11.6 Å². The Morgan fingerprint density at radius 3 is 2.46 bits per heavy atom. The molecule has 2 amide bonds. The van der Waals surface area contributed by atoms with Crippen molar-refractivity contribution in [1.82, 2.24) is 30.2 Å². The molecular formula is C26H28ClFN6O3. The van der Waals surface area contributed by atoms with Crippen molar-refractivity contribution in [1.29, 1.82) is 0 Å². The first kappa shape index (κ1) is 25.3. The summed E-state index contributed by atoms with van der Waals surface area (Å²) in [5.41, 5.74) is 0.590. The Kier molecular flexibility index (Phi) is 6.70. The fraction of sp³-hybridized carbons (Fsp3) is 0.462. The number of carbonyl (C=O) groups excluding carboxylic acids is 3. The highest BCUT2D eigenvalue weighted by atomic mass is 35.5. The van der Waals surface area contributed by atoms with E-state index in [1.54, 1.807) is 0 Å². The Balaban J connectivity index is 1.28. The molecule has 2 heterocycles. The van der Waals surface area contributed by atoms with Crippen LogP contribution in [0.2, 0.25) is 5.02 Å². The molecule has 3 aromatic rings. The zero-order chi connectivity index (χ0) is 26.2. The number of benzene rings is 1. The summed E-state index contributed by atoms with van der Waals surface area (Å²) in [4.78, 5) is 46.8. The van der Waals surface area contributed by atoms with Crippen molar-refractivity contribution in [3.8, 4) is 0 Å². The van der Waals surface area contributed by atoms with E-state index < -0.39 is 11.7 Å². The number of Topliss-reactive ketones (excluding diaryl/α,β-unsaturated/α-hetero) is 1. The van der Waals surface area contributed by atoms with E-state index in [9.17, 15) is 18.8 Å². The molecule has 3 aliphatic rings. The van der Waals surface area contributed by atoms with Gasteiger partial charge in [-0.25, -0.2) is 9.37 Å². The smallest absolute Gasteiger partial charge is 0.270 e. The number of aromatic nitrogens is 4. The van der Waals surface area contributed by atoms with Crippen molar-refractivity contribution in [3.63, 3.8) is 0 Å². The predicted octanol–water partition coefficient (Wildman–Crippen LogP) is 3.90. The number of carbonyl (C=O) groups is 3. The van der Waals surface area contributed by atoms with Crippen LogP contribution in [0.25, 0.3) is 5.78 Å². The van der Waals surface area contributed by atoms with E-state index in [-0.39, 0.29) is 45.5 Å². The molecule has 0 saturated heterocycles. The van der Waals surface area contributed by atoms with Crippen LogP contribution < -0.4 is 10.6 Å². The van der Waals surface area contributed by atoms with Gasteiger partial charge in [0.25, 0.3) is 17.6 Å². The molecule has 2 aromatic heterocycles. The van der Waals surface area contributed by atoms with Crippen molar-refractivity contribution >= 4 is 35.0 Å². The van der Waals surface area contributed by atoms with Crippen LogP contribution in [0.1, 0.15) is 78.4 Å². The Hall–Kier alpha value is -3.40. The maximum atomic E-state index is 13.4. The van der Waals surface area contributed by atoms with Gasteiger partial charge in [-0.15, -0.1) is 0 Å². The van der Waals surface area contributed by atoms with Crippen molar-refractivity contribution in [2.45, 2.75) is 58.4 Å². The molecule has 2 N–H and O–H groups in total. The Morgan fingerprint density at radius 1 is 1.05 bits per heavy atom. The average Bonchev–Trinajstić information content (AvgIpc) is 3.41. The first-order valence-corrected chi connectivity index (χ1v) is 12.9. The van der Waals surface area contributed by atoms with Crippen LogP contribution in [0.5, 0.6) is 0 Å². The van der Waals surface area contributed by atoms with Crippen LogP contribution in [-0.2, 0) is 11.3 Å². The van der Waals surface area contributed by atoms with Gasteiger partial charge in [0.1, 0.15) is 29.3 Å². The lowest BCUT2D eigenvalue weighted by Gasteiger charge is -2.52. The third kappa shape index (κ3) is 4.82. The van der Waals surface area contributed by atoms with E-state index in [1.165, 1.54) is 35.1 Å². The standard InChI is InChI=1S/C26H28ClFN6O3/c1-2-21(35)26-8-5-25(6-9-26,7-10-26)14-30-23(37)20-12-19(33-24-31-15-32-34(20)24)22(36)29-13-16-3-4-18(28)17(27)11-16/h3-4,11-12,15H,2,5-10,13-14H2,1H3,(H,29,36)(H,30,37). The van der Waals surface area contributed by atoms with Gasteiger partial charge >= 0.3 is 0 Å². The maximum Gasteiger partial charge on any atom is 0.270 e. The highest BCUT2D eigenvalue weighted by Crippen LogP contribution is 2.57. The second-order valence-corrected chi connectivity index (χ2v) is 10.6. The summed E-state index contributed by atoms with van der Waals surface area (Å²) < 4.78 is 14.7. The lowest BCUT2D eigenvalue weighted by molar-refractivity contribution is -0.137. The number of hydrogen-bond acceptors (Lipinski definition) is 6. The Bertz CT molecular complexity index is 1370. The van der Waals surface area contributed by atoms with Gasteiger partial charge in [0, 0.05) is 31.0 Å². The molecule has 0 aliphatic heterocycles. The quantitative estimate of drug-likeness (QED) is 0.459. The number of nitrogens with one attached hydrogen (secondary N) is 2. The number of halogens is 2. The van der Waals surface area contributed by atoms with Crippen molar-refractivity contribution in [2.75, 3.05) is 6.54 Å². The lowest BCUT2D eigenvalue weighted by Crippen LogP contribution is -2.50. The summed E-state index contributed by atoms with van der Waals surface area (Å²) in [5.74, 6) is -0.947. The highest BCUT2D eigenvalue weighted by Gasteiger charge is 2.51. The Morgan fingerprint density at radius 2 is 1.78 bits per heavy atom. The summed E-state index contributed by atoms with van der Waals surface area (Å²) in [6, 6.07) is 5.57. The van der Waals surface area contributed by atoms with Gasteiger partial charge in [0.2, 0.25) is 0 Å². The molecule has 37 heavy (non-hydrogen) atoms. The van der Waals surface area contributed by atoms with E-state index in [2.05, 4.69) is 25.7 Å². The van der Waals surface area contributed by atoms with E-state index >= 15 is 0 Å². The Labute approximate surface area is 218 Å². The van der Waals surface area contributed by atoms with E-state index in [0.29, 0.717) is 24.3 Å². The molecule has 0 radical (unpaired) electrons. The van der Waals surface area contributed by atoms with Crippen molar-refractivity contribution in [2.24, 2.45) is 10.8 Å². The van der Waals surface area contributed by atoms with Crippen LogP contribution in [0.3, 0.4) is 0 Å². The summed E-state index contributed by atoms with van der Waals surface area (Å²) in [6.07, 6.45) is 7.21. The third-order valence-electron chi connectivity index (χ3n) is 8.09. The molecule has 1 aromatic carbocycles. The molecular weight excluding hydrogens is 499 g/mol. The van der Waals surface area contributed by atoms with E-state index in [1.807, 2.05) is 6.92 Å². The van der Waals surface area contributed by atoms with Crippen LogP contribution in [0, 0.1) is 16.6 Å². The summed E-state index contributed by atoms with van der Waals surface area (Å²) in [7, 11) is 0. The molecule has 3 fully saturated rings. The first-order valence-electron chi connectivity index (χ1n) is 12.5. The molecule has 0 atom stereocenters. The number of rotatable bonds is 8. The maximum absolute atomic E-state index is 13.4. The van der Waals surface area contributed by atoms with Gasteiger partial charge in [-0.1, -0.05) is 24.6 Å². The van der Waals surface area contributed by atoms with Crippen LogP contribution in [0.15, 0.2) is 30.6 Å². The third-order valence-corrected chi connectivity index (χ3v) is 8.38. The number of hydrogen-bond donors (Lipinski definition) is 2. The fourth-order valence-electron chi connectivity index (χ4n) is 5.69. The zero-order valence-electron chi connectivity index (χ0n) is 20.5. The molecule has 0 spiro atoms. The topological polar surface area (TPSA) is 118 Å². The lowest BCUT2D eigenvalue weighted by atomic mass is 9.52. The number of amides is 2. The SMILES string of the molecule is CCC(=O)C12CCC(CNC(=O)c3cc(C(=O)NCc4ccc(F)c(Cl)c4)nc4ncnn34)(CC1)CC2. The van der Waals surface area contributed by atoms with E-state index in [0.717, 1.165) is 38.5 Å². The minimum Gasteiger partial charge on any atom is -0.350 e. The number of ketones is 1. The van der Waals surface area contributed by atoms with Gasteiger partial charge in [0.05, 0.1) is 5.02 Å². The second kappa shape index (κ2) is 9.81. The molecule has 3 aliphatic carbocycles. The van der Waals surface area contributed by atoms with Gasteiger partial charge in [0.15, 0.2) is 0 Å².